The number of benzene rings is 1. The third-order valence-electron chi connectivity index (χ3n) is 4.82. The van der Waals surface area contributed by atoms with Crippen LogP contribution in [0.2, 0.25) is 0 Å². The zero-order valence-electron chi connectivity index (χ0n) is 15.9. The van der Waals surface area contributed by atoms with Gasteiger partial charge >= 0.3 is 5.97 Å². The van der Waals surface area contributed by atoms with Gasteiger partial charge in [0.05, 0.1) is 17.9 Å². The van der Waals surface area contributed by atoms with Crippen LogP contribution in [0.15, 0.2) is 34.2 Å². The van der Waals surface area contributed by atoms with E-state index in [-0.39, 0.29) is 29.6 Å². The zero-order chi connectivity index (χ0) is 20.1. The van der Waals surface area contributed by atoms with Crippen molar-refractivity contribution in [2.45, 2.75) is 50.0 Å². The van der Waals surface area contributed by atoms with Crippen LogP contribution < -0.4 is 4.72 Å². The van der Waals surface area contributed by atoms with E-state index in [0.717, 1.165) is 25.7 Å². The molecule has 9 heteroatoms. The molecule has 0 spiro atoms. The van der Waals surface area contributed by atoms with E-state index in [0.29, 0.717) is 18.7 Å². The van der Waals surface area contributed by atoms with E-state index >= 15 is 0 Å². The third-order valence-corrected chi connectivity index (χ3v) is 6.22. The van der Waals surface area contributed by atoms with E-state index in [1.807, 2.05) is 0 Å². The summed E-state index contributed by atoms with van der Waals surface area (Å²) in [5.41, 5.74) is 0.487. The van der Waals surface area contributed by atoms with E-state index in [4.69, 9.17) is 4.74 Å². The van der Waals surface area contributed by atoms with Crippen molar-refractivity contribution < 1.29 is 22.7 Å². The lowest BCUT2D eigenvalue weighted by molar-refractivity contribution is -0.158. The number of esters is 1. The van der Waals surface area contributed by atoms with Crippen LogP contribution in [-0.4, -0.2) is 56.8 Å². The van der Waals surface area contributed by atoms with Crippen LogP contribution in [-0.2, 0) is 24.3 Å². The predicted octanol–water partition coefficient (Wildman–Crippen LogP) is 1.45. The summed E-state index contributed by atoms with van der Waals surface area (Å²) in [6.07, 6.45) is 3.31. The normalized spacial score (nSPS) is 20.8. The minimum Gasteiger partial charge on any atom is -0.452 e. The summed E-state index contributed by atoms with van der Waals surface area (Å²) in [6, 6.07) is 6.53. The van der Waals surface area contributed by atoms with Crippen molar-refractivity contribution in [3.63, 3.8) is 0 Å². The topological polar surface area (TPSA) is 105 Å². The molecule has 1 N–H and O–H groups in total. The molecule has 2 aliphatic rings. The van der Waals surface area contributed by atoms with E-state index in [2.05, 4.69) is 9.71 Å². The van der Waals surface area contributed by atoms with Crippen molar-refractivity contribution in [3.8, 4) is 0 Å². The molecule has 0 saturated carbocycles. The molecule has 0 aromatic heterocycles. The molecule has 1 amide bonds. The van der Waals surface area contributed by atoms with Crippen molar-refractivity contribution in [2.75, 3.05) is 19.6 Å². The minimum absolute atomic E-state index is 0.0367. The lowest BCUT2D eigenvalue weighted by atomic mass is 10.2. The highest BCUT2D eigenvalue weighted by atomic mass is 32.2. The summed E-state index contributed by atoms with van der Waals surface area (Å²) in [6.45, 7) is 3.05. The number of nitrogens with one attached hydrogen (secondary N) is 1. The minimum atomic E-state index is -3.60. The number of likely N-dealkylation sites (tertiary alicyclic amines) is 1. The van der Waals surface area contributed by atoms with Crippen molar-refractivity contribution in [2.24, 2.45) is 4.99 Å². The number of carbonyl (C=O) groups is 2. The molecule has 1 fully saturated rings. The quantitative estimate of drug-likeness (QED) is 0.744. The van der Waals surface area contributed by atoms with Gasteiger partial charge in [-0.05, 0) is 31.9 Å². The van der Waals surface area contributed by atoms with Gasteiger partial charge in [-0.3, -0.25) is 19.3 Å². The summed E-state index contributed by atoms with van der Waals surface area (Å²) in [5.74, 6) is -0.481. The maximum absolute atomic E-state index is 12.4. The standard InChI is InChI=1S/C19H25N3O5S/c1-14(19(24)22-12-6-2-3-7-13-22)27-17(23)10-11-20-18-15-8-4-5-9-16(15)28(25,26)21-18/h4-5,8-9,14H,2-3,6-7,10-13H2,1H3,(H,20,21)/t14-/m0/s1. The van der Waals surface area contributed by atoms with Crippen LogP contribution in [0, 0.1) is 0 Å². The smallest absolute Gasteiger partial charge is 0.308 e. The zero-order valence-corrected chi connectivity index (χ0v) is 16.7. The molecule has 1 saturated heterocycles. The second kappa shape index (κ2) is 8.72. The Hall–Kier alpha value is -2.42. The van der Waals surface area contributed by atoms with Gasteiger partial charge in [0.2, 0.25) is 0 Å². The number of hydrogen-bond acceptors (Lipinski definition) is 6. The molecule has 2 heterocycles. The number of rotatable bonds is 5. The fourth-order valence-electron chi connectivity index (χ4n) is 3.36. The van der Waals surface area contributed by atoms with Gasteiger partial charge in [-0.2, -0.15) is 0 Å². The van der Waals surface area contributed by atoms with Crippen LogP contribution in [0.3, 0.4) is 0 Å². The van der Waals surface area contributed by atoms with Crippen LogP contribution >= 0.6 is 0 Å². The number of nitrogens with zero attached hydrogens (tertiary/aromatic N) is 2. The Labute approximate surface area is 165 Å². The first-order valence-electron chi connectivity index (χ1n) is 9.53. The molecule has 3 rings (SSSR count). The number of ether oxygens (including phenoxy) is 1. The number of amidine groups is 1. The van der Waals surface area contributed by atoms with Crippen molar-refractivity contribution in [1.29, 1.82) is 0 Å². The third kappa shape index (κ3) is 4.70. The molecule has 152 valence electrons. The van der Waals surface area contributed by atoms with Gasteiger partial charge in [0, 0.05) is 18.7 Å². The molecule has 0 radical (unpaired) electrons. The summed E-state index contributed by atoms with van der Waals surface area (Å²) >= 11 is 0. The average Bonchev–Trinajstić information content (AvgIpc) is 2.85. The number of fused-ring (bicyclic) bond motifs is 1. The monoisotopic (exact) mass is 407 g/mol. The Bertz CT molecular complexity index is 873. The molecule has 1 aromatic carbocycles. The first-order chi connectivity index (χ1) is 13.4. The van der Waals surface area contributed by atoms with Crippen LogP contribution in [0.25, 0.3) is 0 Å². The highest BCUT2D eigenvalue weighted by Crippen LogP contribution is 2.22. The second-order valence-corrected chi connectivity index (χ2v) is 8.60. The van der Waals surface area contributed by atoms with E-state index < -0.39 is 22.1 Å². The summed E-state index contributed by atoms with van der Waals surface area (Å²) in [4.78, 5) is 30.6. The number of amides is 1. The molecular formula is C19H25N3O5S. The Kier molecular flexibility index (Phi) is 6.33. The molecule has 1 aromatic rings. The van der Waals surface area contributed by atoms with Crippen LogP contribution in [0.5, 0.6) is 0 Å². The molecule has 1 atom stereocenters. The molecule has 8 nitrogen and oxygen atoms in total. The summed E-state index contributed by atoms with van der Waals surface area (Å²) < 4.78 is 31.7. The van der Waals surface area contributed by atoms with Gasteiger partial charge in [0.25, 0.3) is 15.9 Å². The highest BCUT2D eigenvalue weighted by molar-refractivity contribution is 7.90. The Morgan fingerprint density at radius 2 is 1.86 bits per heavy atom. The average molecular weight is 407 g/mol. The first kappa shape index (κ1) is 20.3. The van der Waals surface area contributed by atoms with E-state index in [1.54, 1.807) is 30.0 Å². The van der Waals surface area contributed by atoms with E-state index in [9.17, 15) is 18.0 Å². The lowest BCUT2D eigenvalue weighted by Crippen LogP contribution is -2.40. The van der Waals surface area contributed by atoms with Crippen molar-refractivity contribution >= 4 is 27.7 Å². The van der Waals surface area contributed by atoms with Gasteiger partial charge in [0.15, 0.2) is 6.10 Å². The Balaban J connectivity index is 1.52. The molecule has 0 unspecified atom stereocenters. The molecule has 0 bridgehead atoms. The Morgan fingerprint density at radius 3 is 2.57 bits per heavy atom. The summed E-state index contributed by atoms with van der Waals surface area (Å²) in [5, 5.41) is 0. The van der Waals surface area contributed by atoms with Gasteiger partial charge in [-0.15, -0.1) is 0 Å². The largest absolute Gasteiger partial charge is 0.452 e. The maximum Gasteiger partial charge on any atom is 0.308 e. The van der Waals surface area contributed by atoms with E-state index in [1.165, 1.54) is 6.07 Å². The molecule has 28 heavy (non-hydrogen) atoms. The van der Waals surface area contributed by atoms with Gasteiger partial charge in [0.1, 0.15) is 5.84 Å². The fraction of sp³-hybridized carbons (Fsp3) is 0.526. The Morgan fingerprint density at radius 1 is 1.18 bits per heavy atom. The van der Waals surface area contributed by atoms with Crippen LogP contribution in [0.1, 0.15) is 44.6 Å². The molecule has 0 aliphatic carbocycles. The SMILES string of the molecule is C[C@H](OC(=O)CCN=C1NS(=O)(=O)c2ccccc21)C(=O)N1CCCCCC1. The first-order valence-corrected chi connectivity index (χ1v) is 11.0. The second-order valence-electron chi connectivity index (χ2n) is 6.95. The summed E-state index contributed by atoms with van der Waals surface area (Å²) in [7, 11) is -3.60. The number of aliphatic imine (C=N–C) groups is 1. The maximum atomic E-state index is 12.4. The number of hydrogen-bond donors (Lipinski definition) is 1. The van der Waals surface area contributed by atoms with Crippen molar-refractivity contribution in [1.82, 2.24) is 9.62 Å². The molecular weight excluding hydrogens is 382 g/mol. The predicted molar refractivity (Wildman–Crippen MR) is 103 cm³/mol. The van der Waals surface area contributed by atoms with Gasteiger partial charge in [-0.1, -0.05) is 25.0 Å². The number of carbonyl (C=O) groups excluding carboxylic acids is 2. The van der Waals surface area contributed by atoms with Gasteiger partial charge in [-0.25, -0.2) is 8.42 Å². The van der Waals surface area contributed by atoms with Crippen LogP contribution in [0.4, 0.5) is 0 Å². The lowest BCUT2D eigenvalue weighted by Gasteiger charge is -2.23. The number of sulfonamides is 1. The molecule has 2 aliphatic heterocycles. The van der Waals surface area contributed by atoms with Gasteiger partial charge < -0.3 is 9.64 Å². The fourth-order valence-corrected chi connectivity index (χ4v) is 4.62. The highest BCUT2D eigenvalue weighted by Gasteiger charge is 2.30. The van der Waals surface area contributed by atoms with Crippen molar-refractivity contribution in [3.05, 3.63) is 29.8 Å².